The van der Waals surface area contributed by atoms with Crippen LogP contribution in [0, 0.1) is 0 Å². The fraction of sp³-hybridized carbons (Fsp3) is 0.632. The van der Waals surface area contributed by atoms with Crippen LogP contribution in [0.1, 0.15) is 56.0 Å². The maximum atomic E-state index is 12.3. The highest BCUT2D eigenvalue weighted by molar-refractivity contribution is 5.94. The van der Waals surface area contributed by atoms with Gasteiger partial charge in [0.25, 0.3) is 5.91 Å². The largest absolute Gasteiger partial charge is 0.390 e. The van der Waals surface area contributed by atoms with Gasteiger partial charge in [-0.25, -0.2) is 0 Å². The van der Waals surface area contributed by atoms with Crippen molar-refractivity contribution in [3.63, 3.8) is 0 Å². The average Bonchev–Trinajstić information content (AvgIpc) is 2.98. The van der Waals surface area contributed by atoms with Crippen LogP contribution in [-0.2, 0) is 6.42 Å². The first-order chi connectivity index (χ1) is 10.9. The first kappa shape index (κ1) is 18.0. The van der Waals surface area contributed by atoms with Crippen LogP contribution in [0.25, 0.3) is 0 Å². The molecule has 1 aromatic rings. The molecule has 1 atom stereocenters. The zero-order valence-electron chi connectivity index (χ0n) is 14.6. The summed E-state index contributed by atoms with van der Waals surface area (Å²) in [5.41, 5.74) is 1.21. The van der Waals surface area contributed by atoms with Gasteiger partial charge >= 0.3 is 0 Å². The van der Waals surface area contributed by atoms with Gasteiger partial charge in [-0.2, -0.15) is 0 Å². The van der Waals surface area contributed by atoms with E-state index in [1.165, 1.54) is 12.8 Å². The fourth-order valence-electron chi connectivity index (χ4n) is 3.13. The highest BCUT2D eigenvalue weighted by atomic mass is 16.3. The van der Waals surface area contributed by atoms with Gasteiger partial charge < -0.3 is 10.4 Å². The molecule has 128 valence electrons. The van der Waals surface area contributed by atoms with E-state index in [0.717, 1.165) is 31.6 Å². The second-order valence-electron chi connectivity index (χ2n) is 7.14. The lowest BCUT2D eigenvalue weighted by Gasteiger charge is -2.22. The molecule has 1 aliphatic rings. The van der Waals surface area contributed by atoms with Crippen molar-refractivity contribution in [2.24, 2.45) is 0 Å². The van der Waals surface area contributed by atoms with Gasteiger partial charge in [-0.1, -0.05) is 19.1 Å². The molecule has 1 saturated heterocycles. The Kier molecular flexibility index (Phi) is 6.19. The minimum absolute atomic E-state index is 0.00184. The molecule has 23 heavy (non-hydrogen) atoms. The van der Waals surface area contributed by atoms with Crippen LogP contribution in [-0.4, -0.2) is 47.2 Å². The molecule has 1 aromatic carbocycles. The Balaban J connectivity index is 1.83. The van der Waals surface area contributed by atoms with Gasteiger partial charge in [0, 0.05) is 18.2 Å². The Morgan fingerprint density at radius 2 is 2.04 bits per heavy atom. The van der Waals surface area contributed by atoms with Crippen LogP contribution in [0.2, 0.25) is 0 Å². The molecule has 2 rings (SSSR count). The summed E-state index contributed by atoms with van der Waals surface area (Å²) in [5.74, 6) is 0.00184. The van der Waals surface area contributed by atoms with Gasteiger partial charge in [-0.3, -0.25) is 9.69 Å². The molecule has 1 unspecified atom stereocenters. The van der Waals surface area contributed by atoms with Crippen LogP contribution >= 0.6 is 0 Å². The Morgan fingerprint density at radius 1 is 1.35 bits per heavy atom. The van der Waals surface area contributed by atoms with Crippen LogP contribution < -0.4 is 5.32 Å². The molecular formula is C19H30N2O2. The van der Waals surface area contributed by atoms with Gasteiger partial charge in [0.2, 0.25) is 0 Å². The second-order valence-corrected chi connectivity index (χ2v) is 7.14. The van der Waals surface area contributed by atoms with E-state index >= 15 is 0 Å². The van der Waals surface area contributed by atoms with Crippen molar-refractivity contribution in [1.82, 2.24) is 10.2 Å². The third-order valence-electron chi connectivity index (χ3n) is 4.65. The summed E-state index contributed by atoms with van der Waals surface area (Å²) >= 11 is 0. The number of aliphatic hydroxyl groups is 1. The molecule has 1 heterocycles. The number of aryl methyl sites for hydroxylation is 1. The summed E-state index contributed by atoms with van der Waals surface area (Å²) in [6.45, 7) is 8.73. The quantitative estimate of drug-likeness (QED) is 0.812. The lowest BCUT2D eigenvalue weighted by molar-refractivity contribution is 0.0713. The van der Waals surface area contributed by atoms with Crippen molar-refractivity contribution in [3.05, 3.63) is 35.4 Å². The highest BCUT2D eigenvalue weighted by Crippen LogP contribution is 2.16. The van der Waals surface area contributed by atoms with E-state index in [9.17, 15) is 9.90 Å². The van der Waals surface area contributed by atoms with E-state index in [-0.39, 0.29) is 5.91 Å². The van der Waals surface area contributed by atoms with Gasteiger partial charge in [-0.05, 0) is 70.3 Å². The Bertz CT molecular complexity index is 505. The summed E-state index contributed by atoms with van der Waals surface area (Å²) in [7, 11) is 0. The number of benzene rings is 1. The van der Waals surface area contributed by atoms with Gasteiger partial charge in [0.05, 0.1) is 5.60 Å². The van der Waals surface area contributed by atoms with Crippen molar-refractivity contribution in [3.8, 4) is 0 Å². The van der Waals surface area contributed by atoms with E-state index in [4.69, 9.17) is 0 Å². The number of hydrogen-bond acceptors (Lipinski definition) is 3. The number of likely N-dealkylation sites (N-methyl/N-ethyl adjacent to an activating group) is 1. The molecule has 1 amide bonds. The third kappa shape index (κ3) is 5.63. The van der Waals surface area contributed by atoms with Crippen molar-refractivity contribution in [1.29, 1.82) is 0 Å². The van der Waals surface area contributed by atoms with E-state index in [1.807, 2.05) is 38.1 Å². The van der Waals surface area contributed by atoms with Crippen molar-refractivity contribution >= 4 is 5.91 Å². The number of carbonyl (C=O) groups is 1. The lowest BCUT2D eigenvalue weighted by Crippen LogP contribution is -2.40. The molecular weight excluding hydrogens is 288 g/mol. The maximum absolute atomic E-state index is 12.3. The molecule has 0 spiro atoms. The SMILES string of the molecule is CCN1CCCC1CNC(=O)c1ccc(CCC(C)(C)O)cc1. The number of nitrogens with zero attached hydrogens (tertiary/aromatic N) is 1. The summed E-state index contributed by atoms with van der Waals surface area (Å²) in [6, 6.07) is 8.20. The Hall–Kier alpha value is -1.39. The number of likely N-dealkylation sites (tertiary alicyclic amines) is 1. The van der Waals surface area contributed by atoms with Crippen molar-refractivity contribution < 1.29 is 9.90 Å². The monoisotopic (exact) mass is 318 g/mol. The predicted molar refractivity (Wildman–Crippen MR) is 93.7 cm³/mol. The van der Waals surface area contributed by atoms with Gasteiger partial charge in [0.1, 0.15) is 0 Å². The number of amides is 1. The van der Waals surface area contributed by atoms with Crippen LogP contribution in [0.15, 0.2) is 24.3 Å². The topological polar surface area (TPSA) is 52.6 Å². The first-order valence-corrected chi connectivity index (χ1v) is 8.72. The number of hydrogen-bond donors (Lipinski definition) is 2. The minimum atomic E-state index is -0.650. The molecule has 0 bridgehead atoms. The molecule has 1 fully saturated rings. The summed E-state index contributed by atoms with van der Waals surface area (Å²) in [5, 5.41) is 12.8. The van der Waals surface area contributed by atoms with Gasteiger partial charge in [-0.15, -0.1) is 0 Å². The smallest absolute Gasteiger partial charge is 0.251 e. The third-order valence-corrected chi connectivity index (χ3v) is 4.65. The number of nitrogens with one attached hydrogen (secondary N) is 1. The van der Waals surface area contributed by atoms with Crippen LogP contribution in [0.3, 0.4) is 0 Å². The molecule has 1 aliphatic heterocycles. The standard InChI is InChI=1S/C19H30N2O2/c1-4-21-13-5-6-17(21)14-20-18(22)16-9-7-15(8-10-16)11-12-19(2,3)23/h7-10,17,23H,4-6,11-14H2,1-3H3,(H,20,22). The highest BCUT2D eigenvalue weighted by Gasteiger charge is 2.23. The summed E-state index contributed by atoms with van der Waals surface area (Å²) in [4.78, 5) is 14.7. The van der Waals surface area contributed by atoms with E-state index in [0.29, 0.717) is 18.0 Å². The summed E-state index contributed by atoms with van der Waals surface area (Å²) < 4.78 is 0. The first-order valence-electron chi connectivity index (χ1n) is 8.72. The molecule has 2 N–H and O–H groups in total. The zero-order chi connectivity index (χ0) is 16.9. The molecule has 0 aromatic heterocycles. The van der Waals surface area contributed by atoms with E-state index < -0.39 is 5.60 Å². The maximum Gasteiger partial charge on any atom is 0.251 e. The Morgan fingerprint density at radius 3 is 2.65 bits per heavy atom. The number of rotatable bonds is 7. The zero-order valence-corrected chi connectivity index (χ0v) is 14.6. The minimum Gasteiger partial charge on any atom is -0.390 e. The van der Waals surface area contributed by atoms with Gasteiger partial charge in [0.15, 0.2) is 0 Å². The average molecular weight is 318 g/mol. The molecule has 0 saturated carbocycles. The molecule has 0 radical (unpaired) electrons. The van der Waals surface area contributed by atoms with Crippen molar-refractivity contribution in [2.75, 3.05) is 19.6 Å². The molecule has 4 heteroatoms. The van der Waals surface area contributed by atoms with E-state index in [1.54, 1.807) is 0 Å². The lowest BCUT2D eigenvalue weighted by atomic mass is 9.98. The Labute approximate surface area is 139 Å². The van der Waals surface area contributed by atoms with Crippen LogP contribution in [0.4, 0.5) is 0 Å². The second kappa shape index (κ2) is 7.93. The molecule has 0 aliphatic carbocycles. The fourth-order valence-corrected chi connectivity index (χ4v) is 3.13. The summed E-state index contributed by atoms with van der Waals surface area (Å²) in [6.07, 6.45) is 3.93. The predicted octanol–water partition coefficient (Wildman–Crippen LogP) is 2.60. The normalized spacial score (nSPS) is 19.0. The van der Waals surface area contributed by atoms with Crippen molar-refractivity contribution in [2.45, 2.75) is 58.1 Å². The van der Waals surface area contributed by atoms with Crippen LogP contribution in [0.5, 0.6) is 0 Å². The molecule has 4 nitrogen and oxygen atoms in total. The van der Waals surface area contributed by atoms with E-state index in [2.05, 4.69) is 17.1 Å². The number of carbonyl (C=O) groups excluding carboxylic acids is 1.